The second kappa shape index (κ2) is 5.41. The fourth-order valence-electron chi connectivity index (χ4n) is 2.50. The Hall–Kier alpha value is -0.870. The molecule has 0 spiro atoms. The molecular weight excluding hydrogens is 250 g/mol. The maximum atomic E-state index is 10.1. The summed E-state index contributed by atoms with van der Waals surface area (Å²) in [5, 5.41) is 13.8. The lowest BCUT2D eigenvalue weighted by atomic mass is 9.73. The lowest BCUT2D eigenvalue weighted by molar-refractivity contribution is 0.00958. The van der Waals surface area contributed by atoms with Gasteiger partial charge in [0.1, 0.15) is 16.8 Å². The van der Waals surface area contributed by atoms with Crippen molar-refractivity contribution in [3.05, 3.63) is 17.0 Å². The number of aliphatic hydroxyl groups excluding tert-OH is 1. The van der Waals surface area contributed by atoms with Crippen molar-refractivity contribution in [3.8, 4) is 0 Å². The van der Waals surface area contributed by atoms with Crippen LogP contribution < -0.4 is 5.32 Å². The van der Waals surface area contributed by atoms with Gasteiger partial charge in [0, 0.05) is 18.0 Å². The standard InChI is InChI=1S/C13H20ClN3O/c1-9-16-11(14)7-12(17-9)15-8-13(2)6-4-3-5-10(13)18/h7,10,18H,3-6,8H2,1-2H3,(H,15,16,17). The van der Waals surface area contributed by atoms with Crippen LogP contribution in [0.1, 0.15) is 38.4 Å². The van der Waals surface area contributed by atoms with E-state index < -0.39 is 0 Å². The van der Waals surface area contributed by atoms with E-state index in [2.05, 4.69) is 22.2 Å². The molecule has 2 unspecified atom stereocenters. The number of nitrogens with one attached hydrogen (secondary N) is 1. The number of halogens is 1. The zero-order chi connectivity index (χ0) is 13.2. The van der Waals surface area contributed by atoms with Crippen LogP contribution in [0.5, 0.6) is 0 Å². The number of hydrogen-bond donors (Lipinski definition) is 2. The third-order valence-corrected chi connectivity index (χ3v) is 3.95. The third-order valence-electron chi connectivity index (χ3n) is 3.76. The van der Waals surface area contributed by atoms with Crippen LogP contribution in [0.25, 0.3) is 0 Å². The van der Waals surface area contributed by atoms with Crippen molar-refractivity contribution in [2.45, 2.75) is 45.6 Å². The van der Waals surface area contributed by atoms with Crippen LogP contribution in [0.4, 0.5) is 5.82 Å². The predicted molar refractivity (Wildman–Crippen MR) is 72.9 cm³/mol. The molecule has 2 atom stereocenters. The molecule has 1 aliphatic carbocycles. The van der Waals surface area contributed by atoms with E-state index in [-0.39, 0.29) is 11.5 Å². The van der Waals surface area contributed by atoms with Crippen molar-refractivity contribution in [3.63, 3.8) is 0 Å². The maximum Gasteiger partial charge on any atom is 0.134 e. The summed E-state index contributed by atoms with van der Waals surface area (Å²) in [7, 11) is 0. The molecule has 1 aliphatic rings. The Bertz CT molecular complexity index is 406. The summed E-state index contributed by atoms with van der Waals surface area (Å²) in [6.45, 7) is 4.65. The van der Waals surface area contributed by atoms with Gasteiger partial charge < -0.3 is 10.4 Å². The largest absolute Gasteiger partial charge is 0.392 e. The highest BCUT2D eigenvalue weighted by Gasteiger charge is 2.35. The molecule has 0 aliphatic heterocycles. The first-order valence-corrected chi connectivity index (χ1v) is 6.80. The minimum atomic E-state index is -0.239. The van der Waals surface area contributed by atoms with E-state index in [4.69, 9.17) is 11.6 Å². The minimum absolute atomic E-state index is 0.0798. The summed E-state index contributed by atoms with van der Waals surface area (Å²) in [5.74, 6) is 1.38. The van der Waals surface area contributed by atoms with Crippen molar-refractivity contribution in [1.82, 2.24) is 9.97 Å². The van der Waals surface area contributed by atoms with Gasteiger partial charge in [0.2, 0.25) is 0 Å². The smallest absolute Gasteiger partial charge is 0.134 e. The highest BCUT2D eigenvalue weighted by molar-refractivity contribution is 6.29. The van der Waals surface area contributed by atoms with Gasteiger partial charge in [-0.2, -0.15) is 0 Å². The van der Waals surface area contributed by atoms with Crippen LogP contribution in [0.15, 0.2) is 6.07 Å². The first kappa shape index (κ1) is 13.6. The van der Waals surface area contributed by atoms with Crippen LogP contribution in [0.3, 0.4) is 0 Å². The minimum Gasteiger partial charge on any atom is -0.392 e. The highest BCUT2D eigenvalue weighted by atomic mass is 35.5. The van der Waals surface area contributed by atoms with Gasteiger partial charge in [-0.15, -0.1) is 0 Å². The normalized spacial score (nSPS) is 28.1. The zero-order valence-corrected chi connectivity index (χ0v) is 11.7. The Labute approximate surface area is 113 Å². The quantitative estimate of drug-likeness (QED) is 0.829. The van der Waals surface area contributed by atoms with Gasteiger partial charge in [0.05, 0.1) is 6.10 Å². The van der Waals surface area contributed by atoms with E-state index in [0.29, 0.717) is 17.5 Å². The van der Waals surface area contributed by atoms with E-state index >= 15 is 0 Å². The Balaban J connectivity index is 2.01. The molecule has 100 valence electrons. The highest BCUT2D eigenvalue weighted by Crippen LogP contribution is 2.36. The number of hydrogen-bond acceptors (Lipinski definition) is 4. The first-order chi connectivity index (χ1) is 8.49. The number of anilines is 1. The summed E-state index contributed by atoms with van der Waals surface area (Å²) in [6, 6.07) is 1.72. The van der Waals surface area contributed by atoms with E-state index in [1.807, 2.05) is 6.92 Å². The average Bonchev–Trinajstić information content (AvgIpc) is 2.30. The Kier molecular flexibility index (Phi) is 4.07. The van der Waals surface area contributed by atoms with Gasteiger partial charge >= 0.3 is 0 Å². The van der Waals surface area contributed by atoms with E-state index in [1.54, 1.807) is 6.07 Å². The molecule has 1 fully saturated rings. The number of aryl methyl sites for hydroxylation is 1. The van der Waals surface area contributed by atoms with Gasteiger partial charge in [-0.3, -0.25) is 0 Å². The molecule has 4 nitrogen and oxygen atoms in total. The molecule has 2 rings (SSSR count). The van der Waals surface area contributed by atoms with Gasteiger partial charge in [-0.1, -0.05) is 31.4 Å². The van der Waals surface area contributed by atoms with Crippen LogP contribution in [-0.2, 0) is 0 Å². The molecular formula is C13H20ClN3O. The van der Waals surface area contributed by atoms with Gasteiger partial charge in [0.15, 0.2) is 0 Å². The molecule has 0 amide bonds. The fourth-order valence-corrected chi connectivity index (χ4v) is 2.73. The van der Waals surface area contributed by atoms with Crippen molar-refractivity contribution in [2.75, 3.05) is 11.9 Å². The van der Waals surface area contributed by atoms with Gasteiger partial charge in [-0.25, -0.2) is 9.97 Å². The summed E-state index contributed by atoms with van der Waals surface area (Å²) >= 11 is 5.89. The number of rotatable bonds is 3. The second-order valence-corrected chi connectivity index (χ2v) is 5.78. The molecule has 0 aromatic carbocycles. The number of aromatic nitrogens is 2. The number of nitrogens with zero attached hydrogens (tertiary/aromatic N) is 2. The van der Waals surface area contributed by atoms with Gasteiger partial charge in [-0.05, 0) is 19.8 Å². The Morgan fingerprint density at radius 3 is 2.94 bits per heavy atom. The SMILES string of the molecule is Cc1nc(Cl)cc(NCC2(C)CCCCC2O)n1. The molecule has 1 aromatic rings. The monoisotopic (exact) mass is 269 g/mol. The predicted octanol–water partition coefficient (Wildman–Crippen LogP) is 2.79. The molecule has 1 aromatic heterocycles. The third kappa shape index (κ3) is 3.12. The topological polar surface area (TPSA) is 58.0 Å². The van der Waals surface area contributed by atoms with E-state index in [0.717, 1.165) is 25.1 Å². The van der Waals surface area contributed by atoms with E-state index in [9.17, 15) is 5.11 Å². The molecule has 0 bridgehead atoms. The summed E-state index contributed by atoms with van der Waals surface area (Å²) < 4.78 is 0. The molecule has 1 saturated carbocycles. The molecule has 0 radical (unpaired) electrons. The summed E-state index contributed by atoms with van der Waals surface area (Å²) in [6.07, 6.45) is 3.99. The van der Waals surface area contributed by atoms with Crippen LogP contribution in [0.2, 0.25) is 5.15 Å². The van der Waals surface area contributed by atoms with Crippen molar-refractivity contribution in [2.24, 2.45) is 5.41 Å². The van der Waals surface area contributed by atoms with Crippen LogP contribution in [-0.4, -0.2) is 27.7 Å². The van der Waals surface area contributed by atoms with Crippen LogP contribution >= 0.6 is 11.6 Å². The molecule has 18 heavy (non-hydrogen) atoms. The summed E-state index contributed by atoms with van der Waals surface area (Å²) in [4.78, 5) is 8.31. The first-order valence-electron chi connectivity index (χ1n) is 6.43. The lowest BCUT2D eigenvalue weighted by Crippen LogP contribution is -2.41. The number of aliphatic hydroxyl groups is 1. The molecule has 5 heteroatoms. The summed E-state index contributed by atoms with van der Waals surface area (Å²) in [5.41, 5.74) is -0.0798. The Morgan fingerprint density at radius 2 is 2.28 bits per heavy atom. The molecule has 0 saturated heterocycles. The van der Waals surface area contributed by atoms with Crippen molar-refractivity contribution >= 4 is 17.4 Å². The van der Waals surface area contributed by atoms with Crippen LogP contribution in [0, 0.1) is 12.3 Å². The van der Waals surface area contributed by atoms with Crippen molar-refractivity contribution < 1.29 is 5.11 Å². The fraction of sp³-hybridized carbons (Fsp3) is 0.692. The molecule has 2 N–H and O–H groups in total. The lowest BCUT2D eigenvalue weighted by Gasteiger charge is -2.38. The second-order valence-electron chi connectivity index (χ2n) is 5.39. The van der Waals surface area contributed by atoms with Gasteiger partial charge in [0.25, 0.3) is 0 Å². The van der Waals surface area contributed by atoms with E-state index in [1.165, 1.54) is 6.42 Å². The Morgan fingerprint density at radius 1 is 1.50 bits per heavy atom. The zero-order valence-electron chi connectivity index (χ0n) is 10.9. The maximum absolute atomic E-state index is 10.1. The average molecular weight is 270 g/mol. The molecule has 1 heterocycles. The van der Waals surface area contributed by atoms with Crippen molar-refractivity contribution in [1.29, 1.82) is 0 Å².